The summed E-state index contributed by atoms with van der Waals surface area (Å²) in [6.45, 7) is 4.18. The van der Waals surface area contributed by atoms with Crippen molar-refractivity contribution in [3.05, 3.63) is 65.1 Å². The first-order valence-corrected chi connectivity index (χ1v) is 12.1. The van der Waals surface area contributed by atoms with Gasteiger partial charge in [-0.25, -0.2) is 9.37 Å². The van der Waals surface area contributed by atoms with Gasteiger partial charge in [-0.1, -0.05) is 0 Å². The molecule has 0 atom stereocenters. The number of rotatable bonds is 7. The Kier molecular flexibility index (Phi) is 6.99. The second-order valence-corrected chi connectivity index (χ2v) is 9.04. The van der Waals surface area contributed by atoms with Crippen LogP contribution in [-0.4, -0.2) is 48.7 Å². The van der Waals surface area contributed by atoms with Gasteiger partial charge in [-0.3, -0.25) is 4.90 Å². The smallest absolute Gasteiger partial charge is 0.228 e. The standard InChI is InChI=1S/C27H31FN4O3/c1-33-22-14-19(15-23(16-22)34-2)17-31-13-10-25-24(18-31)26(35-21-8-6-20(28)7-9-21)30-27(29-25)32-11-4-3-5-12-32/h6-9,14-16H,3-5,10-13,17-18H2,1-2H3. The molecule has 1 saturated heterocycles. The molecule has 1 fully saturated rings. The second-order valence-electron chi connectivity index (χ2n) is 9.04. The van der Waals surface area contributed by atoms with E-state index in [2.05, 4.69) is 9.80 Å². The second kappa shape index (κ2) is 10.5. The van der Waals surface area contributed by atoms with Gasteiger partial charge in [0, 0.05) is 45.2 Å². The molecule has 0 aliphatic carbocycles. The Morgan fingerprint density at radius 3 is 2.26 bits per heavy atom. The van der Waals surface area contributed by atoms with E-state index in [1.807, 2.05) is 18.2 Å². The molecule has 3 heterocycles. The summed E-state index contributed by atoms with van der Waals surface area (Å²) in [5.74, 6) is 3.09. The van der Waals surface area contributed by atoms with E-state index in [4.69, 9.17) is 24.2 Å². The van der Waals surface area contributed by atoms with Crippen LogP contribution in [-0.2, 0) is 19.5 Å². The molecule has 0 radical (unpaired) electrons. The van der Waals surface area contributed by atoms with Crippen LogP contribution in [0.3, 0.4) is 0 Å². The largest absolute Gasteiger partial charge is 0.497 e. The number of methoxy groups -OCH3 is 2. The third-order valence-electron chi connectivity index (χ3n) is 6.57. The average Bonchev–Trinajstić information content (AvgIpc) is 2.90. The van der Waals surface area contributed by atoms with Crippen molar-refractivity contribution in [1.29, 1.82) is 0 Å². The molecule has 7 nitrogen and oxygen atoms in total. The molecule has 0 amide bonds. The van der Waals surface area contributed by atoms with Gasteiger partial charge in [-0.15, -0.1) is 0 Å². The van der Waals surface area contributed by atoms with E-state index in [0.717, 1.165) is 79.7 Å². The molecule has 0 bridgehead atoms. The Labute approximate surface area is 205 Å². The summed E-state index contributed by atoms with van der Waals surface area (Å²) in [5.41, 5.74) is 3.12. The number of anilines is 1. The maximum Gasteiger partial charge on any atom is 0.228 e. The number of hydrogen-bond donors (Lipinski definition) is 0. The monoisotopic (exact) mass is 478 g/mol. The number of piperidine rings is 1. The van der Waals surface area contributed by atoms with E-state index >= 15 is 0 Å². The number of nitrogens with zero attached hydrogens (tertiary/aromatic N) is 4. The van der Waals surface area contributed by atoms with E-state index in [0.29, 0.717) is 18.2 Å². The lowest BCUT2D eigenvalue weighted by Gasteiger charge is -2.32. The van der Waals surface area contributed by atoms with Crippen LogP contribution < -0.4 is 19.1 Å². The Hall–Kier alpha value is -3.39. The van der Waals surface area contributed by atoms with E-state index in [9.17, 15) is 4.39 Å². The molecule has 2 aromatic carbocycles. The maximum atomic E-state index is 13.5. The van der Waals surface area contributed by atoms with Crippen molar-refractivity contribution in [1.82, 2.24) is 14.9 Å². The summed E-state index contributed by atoms with van der Waals surface area (Å²) in [6, 6.07) is 12.0. The predicted octanol–water partition coefficient (Wildman–Crippen LogP) is 4.97. The van der Waals surface area contributed by atoms with E-state index in [-0.39, 0.29) is 5.82 Å². The number of ether oxygens (including phenoxy) is 3. The summed E-state index contributed by atoms with van der Waals surface area (Å²) in [7, 11) is 3.32. The molecule has 5 rings (SSSR count). The number of benzene rings is 2. The minimum absolute atomic E-state index is 0.295. The lowest BCUT2D eigenvalue weighted by Crippen LogP contribution is -2.34. The van der Waals surface area contributed by atoms with Gasteiger partial charge in [-0.2, -0.15) is 4.98 Å². The van der Waals surface area contributed by atoms with E-state index in [1.165, 1.54) is 18.6 Å². The highest BCUT2D eigenvalue weighted by Crippen LogP contribution is 2.33. The van der Waals surface area contributed by atoms with Crippen LogP contribution in [0.4, 0.5) is 10.3 Å². The molecule has 1 aromatic heterocycles. The zero-order valence-electron chi connectivity index (χ0n) is 20.3. The molecule has 0 unspecified atom stereocenters. The van der Waals surface area contributed by atoms with E-state index in [1.54, 1.807) is 26.4 Å². The fourth-order valence-electron chi connectivity index (χ4n) is 4.71. The summed E-state index contributed by atoms with van der Waals surface area (Å²) in [6.07, 6.45) is 4.34. The van der Waals surface area contributed by atoms with Crippen molar-refractivity contribution >= 4 is 5.95 Å². The van der Waals surface area contributed by atoms with Gasteiger partial charge in [0.25, 0.3) is 0 Å². The molecule has 184 valence electrons. The summed E-state index contributed by atoms with van der Waals surface area (Å²) in [5, 5.41) is 0. The summed E-state index contributed by atoms with van der Waals surface area (Å²) < 4.78 is 30.6. The Morgan fingerprint density at radius 1 is 0.857 bits per heavy atom. The van der Waals surface area contributed by atoms with Gasteiger partial charge in [-0.05, 0) is 61.2 Å². The first-order valence-electron chi connectivity index (χ1n) is 12.1. The van der Waals surface area contributed by atoms with Crippen LogP contribution in [0, 0.1) is 5.82 Å². The molecular weight excluding hydrogens is 447 g/mol. The third-order valence-corrected chi connectivity index (χ3v) is 6.57. The van der Waals surface area contributed by atoms with Crippen LogP contribution in [0.1, 0.15) is 36.1 Å². The fraction of sp³-hybridized carbons (Fsp3) is 0.407. The van der Waals surface area contributed by atoms with Gasteiger partial charge in [0.2, 0.25) is 11.8 Å². The average molecular weight is 479 g/mol. The molecular formula is C27H31FN4O3. The number of hydrogen-bond acceptors (Lipinski definition) is 7. The van der Waals surface area contributed by atoms with Crippen molar-refractivity contribution in [2.75, 3.05) is 38.8 Å². The molecule has 0 saturated carbocycles. The van der Waals surface area contributed by atoms with Crippen LogP contribution in [0.15, 0.2) is 42.5 Å². The zero-order valence-corrected chi connectivity index (χ0v) is 20.3. The van der Waals surface area contributed by atoms with Crippen LogP contribution in [0.2, 0.25) is 0 Å². The van der Waals surface area contributed by atoms with Gasteiger partial charge in [0.1, 0.15) is 23.1 Å². The molecule has 3 aromatic rings. The van der Waals surface area contributed by atoms with Crippen molar-refractivity contribution in [2.45, 2.75) is 38.8 Å². The van der Waals surface area contributed by atoms with Gasteiger partial charge >= 0.3 is 0 Å². The molecule has 2 aliphatic rings. The molecule has 0 spiro atoms. The fourth-order valence-corrected chi connectivity index (χ4v) is 4.71. The molecule has 0 N–H and O–H groups in total. The quantitative estimate of drug-likeness (QED) is 0.475. The topological polar surface area (TPSA) is 60.0 Å². The highest BCUT2D eigenvalue weighted by Gasteiger charge is 2.26. The lowest BCUT2D eigenvalue weighted by atomic mass is 10.1. The molecule has 35 heavy (non-hydrogen) atoms. The van der Waals surface area contributed by atoms with Gasteiger partial charge in [0.05, 0.1) is 25.5 Å². The summed E-state index contributed by atoms with van der Waals surface area (Å²) >= 11 is 0. The highest BCUT2D eigenvalue weighted by molar-refractivity contribution is 5.44. The van der Waals surface area contributed by atoms with Crippen LogP contribution in [0.5, 0.6) is 23.1 Å². The van der Waals surface area contributed by atoms with Crippen molar-refractivity contribution in [3.63, 3.8) is 0 Å². The van der Waals surface area contributed by atoms with Gasteiger partial charge in [0.15, 0.2) is 0 Å². The Balaban J connectivity index is 1.43. The van der Waals surface area contributed by atoms with Crippen molar-refractivity contribution < 1.29 is 18.6 Å². The maximum absolute atomic E-state index is 13.5. The number of halogens is 1. The minimum Gasteiger partial charge on any atom is -0.497 e. The minimum atomic E-state index is -0.295. The predicted molar refractivity (Wildman–Crippen MR) is 132 cm³/mol. The zero-order chi connectivity index (χ0) is 24.2. The normalized spacial score (nSPS) is 16.0. The number of fused-ring (bicyclic) bond motifs is 1. The van der Waals surface area contributed by atoms with Crippen molar-refractivity contribution in [3.8, 4) is 23.1 Å². The summed E-state index contributed by atoms with van der Waals surface area (Å²) in [4.78, 5) is 14.4. The Morgan fingerprint density at radius 2 is 1.57 bits per heavy atom. The Bertz CT molecular complexity index is 1140. The van der Waals surface area contributed by atoms with Crippen molar-refractivity contribution in [2.24, 2.45) is 0 Å². The SMILES string of the molecule is COc1cc(CN2CCc3nc(N4CCCCC4)nc(Oc4ccc(F)cc4)c3C2)cc(OC)c1. The number of aromatic nitrogens is 2. The van der Waals surface area contributed by atoms with E-state index < -0.39 is 0 Å². The molecule has 2 aliphatic heterocycles. The lowest BCUT2D eigenvalue weighted by molar-refractivity contribution is 0.237. The van der Waals surface area contributed by atoms with Crippen LogP contribution >= 0.6 is 0 Å². The third kappa shape index (κ3) is 5.48. The molecule has 8 heteroatoms. The van der Waals surface area contributed by atoms with Gasteiger partial charge < -0.3 is 19.1 Å². The highest BCUT2D eigenvalue weighted by atomic mass is 19.1. The first kappa shape index (κ1) is 23.4. The first-order chi connectivity index (χ1) is 17.1. The van der Waals surface area contributed by atoms with Crippen LogP contribution in [0.25, 0.3) is 0 Å².